The smallest absolute Gasteiger partial charge is 0.303 e. The van der Waals surface area contributed by atoms with Crippen LogP contribution in [0.4, 0.5) is 0 Å². The van der Waals surface area contributed by atoms with Crippen LogP contribution in [-0.2, 0) is 11.3 Å². The maximum absolute atomic E-state index is 13.2. The molecule has 1 aliphatic rings. The molecule has 5 nitrogen and oxygen atoms in total. The molecule has 7 heteroatoms. The number of hydrogen-bond donors (Lipinski definition) is 1. The molecule has 0 saturated carbocycles. The van der Waals surface area contributed by atoms with Gasteiger partial charge < -0.3 is 14.6 Å². The van der Waals surface area contributed by atoms with Crippen molar-refractivity contribution >= 4 is 46.0 Å². The number of likely N-dealkylation sites (tertiary alicyclic amines) is 1. The Hall–Kier alpha value is -2.50. The summed E-state index contributed by atoms with van der Waals surface area (Å²) in [6, 6.07) is 12.0. The first kappa shape index (κ1) is 23.7. The molecule has 0 spiro atoms. The lowest BCUT2D eigenvalue weighted by molar-refractivity contribution is -0.138. The number of rotatable bonds is 6. The Bertz CT molecular complexity index is 1190. The van der Waals surface area contributed by atoms with Crippen LogP contribution in [0.15, 0.2) is 42.6 Å². The SMILES string of the molecule is CC(C)c1ccc2c(ccn2Cc2c(Cl)ccc(C(=O)N3CCC(CC(=O)O)CC3)c2Cl)c1. The zero-order valence-electron chi connectivity index (χ0n) is 18.9. The third-order valence-electron chi connectivity index (χ3n) is 6.57. The number of hydrogen-bond acceptors (Lipinski definition) is 2. The van der Waals surface area contributed by atoms with Gasteiger partial charge in [-0.2, -0.15) is 0 Å². The molecule has 1 saturated heterocycles. The fourth-order valence-electron chi connectivity index (χ4n) is 4.55. The molecule has 1 N–H and O–H groups in total. The first-order valence-corrected chi connectivity index (χ1v) is 12.1. The second-order valence-electron chi connectivity index (χ2n) is 9.14. The molecule has 0 aliphatic carbocycles. The molecule has 1 amide bonds. The van der Waals surface area contributed by atoms with E-state index in [4.69, 9.17) is 28.3 Å². The fourth-order valence-corrected chi connectivity index (χ4v) is 5.12. The number of fused-ring (bicyclic) bond motifs is 1. The van der Waals surface area contributed by atoms with Gasteiger partial charge in [0.25, 0.3) is 5.91 Å². The Morgan fingerprint density at radius 2 is 1.82 bits per heavy atom. The van der Waals surface area contributed by atoms with E-state index in [1.807, 2.05) is 6.20 Å². The second kappa shape index (κ2) is 9.78. The average Bonchev–Trinajstić information content (AvgIpc) is 3.18. The van der Waals surface area contributed by atoms with Crippen molar-refractivity contribution in [3.05, 3.63) is 69.3 Å². The highest BCUT2D eigenvalue weighted by Gasteiger charge is 2.27. The maximum atomic E-state index is 13.2. The number of carboxylic acids is 1. The Morgan fingerprint density at radius 3 is 2.48 bits per heavy atom. The van der Waals surface area contributed by atoms with Gasteiger partial charge in [0.2, 0.25) is 0 Å². The van der Waals surface area contributed by atoms with E-state index >= 15 is 0 Å². The van der Waals surface area contributed by atoms with Crippen LogP contribution < -0.4 is 0 Å². The number of amides is 1. The number of benzene rings is 2. The molecule has 2 aromatic carbocycles. The molecule has 4 rings (SSSR count). The van der Waals surface area contributed by atoms with Crippen LogP contribution in [0, 0.1) is 5.92 Å². The number of carbonyl (C=O) groups excluding carboxylic acids is 1. The molecule has 1 aromatic heterocycles. The minimum absolute atomic E-state index is 0.112. The second-order valence-corrected chi connectivity index (χ2v) is 9.92. The highest BCUT2D eigenvalue weighted by molar-refractivity contribution is 6.38. The quantitative estimate of drug-likeness (QED) is 0.435. The van der Waals surface area contributed by atoms with Crippen molar-refractivity contribution in [1.29, 1.82) is 0 Å². The van der Waals surface area contributed by atoms with Gasteiger partial charge in [0.1, 0.15) is 0 Å². The van der Waals surface area contributed by atoms with Gasteiger partial charge >= 0.3 is 5.97 Å². The summed E-state index contributed by atoms with van der Waals surface area (Å²) in [5, 5.41) is 11.1. The summed E-state index contributed by atoms with van der Waals surface area (Å²) >= 11 is 13.3. The summed E-state index contributed by atoms with van der Waals surface area (Å²) in [6.07, 6.45) is 3.54. The van der Waals surface area contributed by atoms with Crippen LogP contribution in [0.25, 0.3) is 10.9 Å². The fraction of sp³-hybridized carbons (Fsp3) is 0.385. The summed E-state index contributed by atoms with van der Waals surface area (Å²) in [6.45, 7) is 5.88. The minimum Gasteiger partial charge on any atom is -0.481 e. The lowest BCUT2D eigenvalue weighted by Gasteiger charge is -2.31. The highest BCUT2D eigenvalue weighted by atomic mass is 35.5. The zero-order chi connectivity index (χ0) is 23.7. The van der Waals surface area contributed by atoms with Crippen molar-refractivity contribution in [2.75, 3.05) is 13.1 Å². The van der Waals surface area contributed by atoms with Gasteiger partial charge in [0, 0.05) is 41.8 Å². The third-order valence-corrected chi connectivity index (χ3v) is 7.36. The van der Waals surface area contributed by atoms with Crippen LogP contribution in [0.1, 0.15) is 60.5 Å². The molecule has 1 fully saturated rings. The molecular formula is C26H28Cl2N2O3. The van der Waals surface area contributed by atoms with E-state index in [-0.39, 0.29) is 18.2 Å². The van der Waals surface area contributed by atoms with Gasteiger partial charge in [-0.15, -0.1) is 0 Å². The highest BCUT2D eigenvalue weighted by Crippen LogP contribution is 2.32. The summed E-state index contributed by atoms with van der Waals surface area (Å²) in [7, 11) is 0. The number of piperidine rings is 1. The van der Waals surface area contributed by atoms with Crippen molar-refractivity contribution < 1.29 is 14.7 Å². The molecule has 33 heavy (non-hydrogen) atoms. The number of aromatic nitrogens is 1. The van der Waals surface area contributed by atoms with E-state index < -0.39 is 5.97 Å². The standard InChI is InChI=1S/C26H28Cl2N2O3/c1-16(2)18-3-6-23-19(14-18)9-12-30(23)15-21-22(27)5-4-20(25(21)28)26(33)29-10-7-17(8-11-29)13-24(31)32/h3-6,9,12,14,16-17H,7-8,10-11,13,15H2,1-2H3,(H,31,32). The number of nitrogens with zero attached hydrogens (tertiary/aromatic N) is 2. The van der Waals surface area contributed by atoms with Crippen LogP contribution >= 0.6 is 23.2 Å². The van der Waals surface area contributed by atoms with Gasteiger partial charge in [-0.3, -0.25) is 9.59 Å². The summed E-state index contributed by atoms with van der Waals surface area (Å²) < 4.78 is 2.10. The minimum atomic E-state index is -0.789. The number of carboxylic acid groups (broad SMARTS) is 1. The molecular weight excluding hydrogens is 459 g/mol. The molecule has 0 radical (unpaired) electrons. The summed E-state index contributed by atoms with van der Waals surface area (Å²) in [5.41, 5.74) is 3.53. The van der Waals surface area contributed by atoms with E-state index in [1.54, 1.807) is 17.0 Å². The normalized spacial score (nSPS) is 14.9. The Morgan fingerprint density at radius 1 is 1.09 bits per heavy atom. The summed E-state index contributed by atoms with van der Waals surface area (Å²) in [5.74, 6) is -0.353. The van der Waals surface area contributed by atoms with Crippen molar-refractivity contribution in [2.24, 2.45) is 5.92 Å². The van der Waals surface area contributed by atoms with Crippen LogP contribution in [0.3, 0.4) is 0 Å². The molecule has 0 bridgehead atoms. The number of halogens is 2. The lowest BCUT2D eigenvalue weighted by Crippen LogP contribution is -2.39. The monoisotopic (exact) mass is 486 g/mol. The maximum Gasteiger partial charge on any atom is 0.303 e. The predicted octanol–water partition coefficient (Wildman–Crippen LogP) is 6.45. The Kier molecular flexibility index (Phi) is 7.01. The van der Waals surface area contributed by atoms with Crippen molar-refractivity contribution in [1.82, 2.24) is 9.47 Å². The molecule has 0 atom stereocenters. The Balaban J connectivity index is 1.56. The Labute approximate surface area is 203 Å². The third kappa shape index (κ3) is 5.04. The number of aliphatic carboxylic acids is 1. The van der Waals surface area contributed by atoms with E-state index in [0.717, 1.165) is 16.5 Å². The van der Waals surface area contributed by atoms with E-state index in [1.165, 1.54) is 5.56 Å². The molecule has 3 aromatic rings. The van der Waals surface area contributed by atoms with Crippen LogP contribution in [0.5, 0.6) is 0 Å². The first-order valence-electron chi connectivity index (χ1n) is 11.3. The molecule has 174 valence electrons. The first-order chi connectivity index (χ1) is 15.7. The topological polar surface area (TPSA) is 62.5 Å². The predicted molar refractivity (Wildman–Crippen MR) is 132 cm³/mol. The zero-order valence-corrected chi connectivity index (χ0v) is 20.4. The van der Waals surface area contributed by atoms with E-state index in [9.17, 15) is 9.59 Å². The number of carbonyl (C=O) groups is 2. The molecule has 0 unspecified atom stereocenters. The lowest BCUT2D eigenvalue weighted by atomic mass is 9.93. The van der Waals surface area contributed by atoms with E-state index in [2.05, 4.69) is 42.7 Å². The van der Waals surface area contributed by atoms with Crippen molar-refractivity contribution in [2.45, 2.75) is 45.6 Å². The largest absolute Gasteiger partial charge is 0.481 e. The van der Waals surface area contributed by atoms with Crippen LogP contribution in [0.2, 0.25) is 10.0 Å². The van der Waals surface area contributed by atoms with Crippen molar-refractivity contribution in [3.8, 4) is 0 Å². The van der Waals surface area contributed by atoms with Gasteiger partial charge in [0.05, 0.1) is 17.1 Å². The van der Waals surface area contributed by atoms with Gasteiger partial charge in [-0.25, -0.2) is 0 Å². The van der Waals surface area contributed by atoms with Gasteiger partial charge in [-0.05, 0) is 66.0 Å². The van der Waals surface area contributed by atoms with Gasteiger partial charge in [-0.1, -0.05) is 43.1 Å². The van der Waals surface area contributed by atoms with Gasteiger partial charge in [0.15, 0.2) is 0 Å². The molecule has 1 aliphatic heterocycles. The average molecular weight is 487 g/mol. The van der Waals surface area contributed by atoms with Crippen LogP contribution in [-0.4, -0.2) is 39.5 Å². The molecule has 2 heterocycles. The van der Waals surface area contributed by atoms with E-state index in [0.29, 0.717) is 54.0 Å². The summed E-state index contributed by atoms with van der Waals surface area (Å²) in [4.78, 5) is 25.9. The van der Waals surface area contributed by atoms with Crippen molar-refractivity contribution in [3.63, 3.8) is 0 Å².